The summed E-state index contributed by atoms with van der Waals surface area (Å²) in [6.07, 6.45) is 7.28. The van der Waals surface area contributed by atoms with Crippen LogP contribution in [0, 0.1) is 0 Å². The van der Waals surface area contributed by atoms with Crippen molar-refractivity contribution in [1.29, 1.82) is 0 Å². The van der Waals surface area contributed by atoms with Crippen LogP contribution in [0.5, 0.6) is 5.75 Å². The van der Waals surface area contributed by atoms with Gasteiger partial charge in [-0.2, -0.15) is 0 Å². The Labute approximate surface area is 131 Å². The molecule has 0 atom stereocenters. The Morgan fingerprint density at radius 3 is 2.24 bits per heavy atom. The summed E-state index contributed by atoms with van der Waals surface area (Å²) in [4.78, 5) is 0. The highest BCUT2D eigenvalue weighted by molar-refractivity contribution is 5.27. The van der Waals surface area contributed by atoms with Gasteiger partial charge in [0.05, 0.1) is 6.61 Å². The van der Waals surface area contributed by atoms with Gasteiger partial charge in [0.1, 0.15) is 5.75 Å². The van der Waals surface area contributed by atoms with Crippen molar-refractivity contribution >= 4 is 0 Å². The molecule has 1 aromatic carbocycles. The first-order chi connectivity index (χ1) is 10.0. The number of unbranched alkanes of at least 4 members (excludes halogenated alkanes) is 3. The number of aryl methyl sites for hydroxylation is 1. The molecule has 0 spiro atoms. The molecule has 120 valence electrons. The molecule has 21 heavy (non-hydrogen) atoms. The average molecular weight is 291 g/mol. The van der Waals surface area contributed by atoms with Crippen LogP contribution in [-0.4, -0.2) is 18.7 Å². The molecule has 0 aliphatic carbocycles. The van der Waals surface area contributed by atoms with Crippen LogP contribution in [0.4, 0.5) is 0 Å². The molecule has 0 aliphatic heterocycles. The van der Waals surface area contributed by atoms with Crippen molar-refractivity contribution < 1.29 is 4.74 Å². The van der Waals surface area contributed by atoms with Crippen molar-refractivity contribution in [2.24, 2.45) is 0 Å². The fourth-order valence-electron chi connectivity index (χ4n) is 2.28. The lowest BCUT2D eigenvalue weighted by Gasteiger charge is -2.20. The smallest absolute Gasteiger partial charge is 0.119 e. The van der Waals surface area contributed by atoms with E-state index in [4.69, 9.17) is 4.74 Å². The fourth-order valence-corrected chi connectivity index (χ4v) is 2.28. The van der Waals surface area contributed by atoms with E-state index >= 15 is 0 Å². The van der Waals surface area contributed by atoms with Gasteiger partial charge in [-0.3, -0.25) is 0 Å². The number of benzene rings is 1. The Morgan fingerprint density at radius 1 is 0.952 bits per heavy atom. The Bertz CT molecular complexity index is 364. The van der Waals surface area contributed by atoms with Crippen LogP contribution in [0.25, 0.3) is 0 Å². The van der Waals surface area contributed by atoms with Gasteiger partial charge in [0, 0.05) is 5.54 Å². The van der Waals surface area contributed by atoms with Crippen molar-refractivity contribution in [3.05, 3.63) is 29.8 Å². The van der Waals surface area contributed by atoms with Gasteiger partial charge in [0.15, 0.2) is 0 Å². The molecule has 0 radical (unpaired) electrons. The average Bonchev–Trinajstić information content (AvgIpc) is 2.43. The highest BCUT2D eigenvalue weighted by Crippen LogP contribution is 2.14. The lowest BCUT2D eigenvalue weighted by Crippen LogP contribution is -2.36. The molecule has 1 N–H and O–H groups in total. The second kappa shape index (κ2) is 9.83. The van der Waals surface area contributed by atoms with Gasteiger partial charge in [0.2, 0.25) is 0 Å². The lowest BCUT2D eigenvalue weighted by atomic mass is 10.1. The van der Waals surface area contributed by atoms with Gasteiger partial charge in [-0.15, -0.1) is 0 Å². The van der Waals surface area contributed by atoms with Crippen LogP contribution in [0.3, 0.4) is 0 Å². The summed E-state index contributed by atoms with van der Waals surface area (Å²) in [5.41, 5.74) is 1.64. The Morgan fingerprint density at radius 2 is 1.62 bits per heavy atom. The number of ether oxygens (including phenoxy) is 1. The largest absolute Gasteiger partial charge is 0.494 e. The monoisotopic (exact) mass is 291 g/mol. The zero-order valence-corrected chi connectivity index (χ0v) is 14.4. The second-order valence-electron chi connectivity index (χ2n) is 6.83. The van der Waals surface area contributed by atoms with Gasteiger partial charge in [0.25, 0.3) is 0 Å². The third kappa shape index (κ3) is 9.52. The van der Waals surface area contributed by atoms with Crippen molar-refractivity contribution in [1.82, 2.24) is 5.32 Å². The summed E-state index contributed by atoms with van der Waals surface area (Å²) in [7, 11) is 0. The number of rotatable bonds is 10. The van der Waals surface area contributed by atoms with Crippen LogP contribution in [0.2, 0.25) is 0 Å². The first-order valence-corrected chi connectivity index (χ1v) is 8.48. The van der Waals surface area contributed by atoms with E-state index in [2.05, 4.69) is 57.3 Å². The normalized spacial score (nSPS) is 11.6. The maximum Gasteiger partial charge on any atom is 0.119 e. The lowest BCUT2D eigenvalue weighted by molar-refractivity contribution is 0.303. The van der Waals surface area contributed by atoms with Crippen LogP contribution >= 0.6 is 0 Å². The molecule has 2 nitrogen and oxygen atoms in total. The van der Waals surface area contributed by atoms with E-state index in [-0.39, 0.29) is 5.54 Å². The van der Waals surface area contributed by atoms with E-state index in [1.807, 2.05) is 0 Å². The molecule has 0 unspecified atom stereocenters. The predicted octanol–water partition coefficient (Wildman–Crippen LogP) is 4.97. The molecule has 0 bridgehead atoms. The van der Waals surface area contributed by atoms with E-state index in [1.165, 1.54) is 31.2 Å². The maximum absolute atomic E-state index is 5.78. The summed E-state index contributed by atoms with van der Waals surface area (Å²) < 4.78 is 5.78. The number of nitrogens with one attached hydrogen (secondary N) is 1. The molecular formula is C19H33NO. The molecule has 0 aromatic heterocycles. The SMILES string of the molecule is CCCc1ccc(OCCCCCCNC(C)(C)C)cc1. The molecule has 0 heterocycles. The molecule has 0 aliphatic rings. The summed E-state index contributed by atoms with van der Waals surface area (Å²) >= 11 is 0. The van der Waals surface area contributed by atoms with Crippen molar-refractivity contribution in [3.63, 3.8) is 0 Å². The quantitative estimate of drug-likeness (QED) is 0.615. The Kier molecular flexibility index (Phi) is 8.44. The fraction of sp³-hybridized carbons (Fsp3) is 0.684. The minimum atomic E-state index is 0.243. The highest BCUT2D eigenvalue weighted by atomic mass is 16.5. The minimum Gasteiger partial charge on any atom is -0.494 e. The van der Waals surface area contributed by atoms with E-state index < -0.39 is 0 Å². The zero-order chi connectivity index (χ0) is 15.6. The Hall–Kier alpha value is -1.02. The van der Waals surface area contributed by atoms with Crippen LogP contribution in [-0.2, 0) is 6.42 Å². The predicted molar refractivity (Wildman–Crippen MR) is 92.2 cm³/mol. The first-order valence-electron chi connectivity index (χ1n) is 8.48. The van der Waals surface area contributed by atoms with E-state index in [0.29, 0.717) is 0 Å². The van der Waals surface area contributed by atoms with Crippen LogP contribution in [0.15, 0.2) is 24.3 Å². The first kappa shape index (κ1) is 18.0. The summed E-state index contributed by atoms with van der Waals surface area (Å²) in [5, 5.41) is 3.52. The van der Waals surface area contributed by atoms with Gasteiger partial charge in [-0.25, -0.2) is 0 Å². The zero-order valence-electron chi connectivity index (χ0n) is 14.4. The second-order valence-corrected chi connectivity index (χ2v) is 6.83. The Balaban J connectivity index is 2.01. The molecule has 2 heteroatoms. The molecule has 0 fully saturated rings. The molecule has 0 saturated carbocycles. The molecular weight excluding hydrogens is 258 g/mol. The van der Waals surface area contributed by atoms with E-state index in [1.54, 1.807) is 0 Å². The topological polar surface area (TPSA) is 21.3 Å². The van der Waals surface area contributed by atoms with Gasteiger partial charge in [-0.05, 0) is 64.3 Å². The third-order valence-corrected chi connectivity index (χ3v) is 3.46. The summed E-state index contributed by atoms with van der Waals surface area (Å²) in [6.45, 7) is 10.8. The standard InChI is InChI=1S/C19H33NO/c1-5-10-17-11-13-18(14-12-17)21-16-9-7-6-8-15-20-19(2,3)4/h11-14,20H,5-10,15-16H2,1-4H3. The summed E-state index contributed by atoms with van der Waals surface area (Å²) in [5.74, 6) is 1.00. The van der Waals surface area contributed by atoms with Gasteiger partial charge in [-0.1, -0.05) is 38.3 Å². The number of hydrogen-bond donors (Lipinski definition) is 1. The molecule has 0 amide bonds. The van der Waals surface area contributed by atoms with Gasteiger partial charge >= 0.3 is 0 Å². The minimum absolute atomic E-state index is 0.243. The number of hydrogen-bond acceptors (Lipinski definition) is 2. The maximum atomic E-state index is 5.78. The molecule has 1 aromatic rings. The van der Waals surface area contributed by atoms with Crippen molar-refractivity contribution in [3.8, 4) is 5.75 Å². The van der Waals surface area contributed by atoms with E-state index in [9.17, 15) is 0 Å². The van der Waals surface area contributed by atoms with Crippen LogP contribution in [0.1, 0.15) is 65.4 Å². The highest BCUT2D eigenvalue weighted by Gasteiger charge is 2.06. The van der Waals surface area contributed by atoms with Crippen molar-refractivity contribution in [2.45, 2.75) is 71.8 Å². The van der Waals surface area contributed by atoms with Crippen LogP contribution < -0.4 is 10.1 Å². The molecule has 0 saturated heterocycles. The van der Waals surface area contributed by atoms with E-state index in [0.717, 1.165) is 31.7 Å². The molecule has 1 rings (SSSR count). The summed E-state index contributed by atoms with van der Waals surface area (Å²) in [6, 6.07) is 8.55. The third-order valence-electron chi connectivity index (χ3n) is 3.46. The van der Waals surface area contributed by atoms with Gasteiger partial charge < -0.3 is 10.1 Å². The van der Waals surface area contributed by atoms with Crippen molar-refractivity contribution in [2.75, 3.05) is 13.2 Å².